The standard InChI is InChI=1S/C30H27F3N4O3/c1-36-23-14-19(8-9-21(23)26(34-36)28(38)39)37-12-10-29(11-13-37)15-18(16-29)24-25(35-40-27(24)17-6-7-17)20-4-2-3-5-22(20)30(31,32)33/h2-5,8-9,14-15,17H,6-7,10-13,16H2,1H3,(H,38,39). The number of hydrogen-bond donors (Lipinski definition) is 1. The third kappa shape index (κ3) is 4.00. The highest BCUT2D eigenvalue weighted by Gasteiger charge is 2.45. The maximum absolute atomic E-state index is 13.8. The molecular formula is C30H27F3N4O3. The highest BCUT2D eigenvalue weighted by molar-refractivity contribution is 6.02. The summed E-state index contributed by atoms with van der Waals surface area (Å²) >= 11 is 0. The van der Waals surface area contributed by atoms with Crippen LogP contribution in [0.2, 0.25) is 0 Å². The molecule has 0 radical (unpaired) electrons. The molecule has 3 heterocycles. The molecule has 2 aromatic carbocycles. The van der Waals surface area contributed by atoms with Gasteiger partial charge in [0.05, 0.1) is 11.1 Å². The van der Waals surface area contributed by atoms with Crippen molar-refractivity contribution in [2.45, 2.75) is 44.2 Å². The maximum Gasteiger partial charge on any atom is 0.417 e. The quantitative estimate of drug-likeness (QED) is 0.292. The highest BCUT2D eigenvalue weighted by atomic mass is 19.4. The molecule has 4 aromatic rings. The van der Waals surface area contributed by atoms with E-state index >= 15 is 0 Å². The van der Waals surface area contributed by atoms with Crippen LogP contribution in [0.1, 0.15) is 65.4 Å². The number of allylic oxidation sites excluding steroid dienone is 2. The third-order valence-corrected chi connectivity index (χ3v) is 8.66. The summed E-state index contributed by atoms with van der Waals surface area (Å²) in [6, 6.07) is 11.3. The van der Waals surface area contributed by atoms with Gasteiger partial charge >= 0.3 is 12.1 Å². The molecule has 2 aromatic heterocycles. The number of aromatic nitrogens is 3. The molecule has 1 saturated carbocycles. The predicted octanol–water partition coefficient (Wildman–Crippen LogP) is 6.90. The lowest BCUT2D eigenvalue weighted by Crippen LogP contribution is -2.42. The van der Waals surface area contributed by atoms with Crippen LogP contribution >= 0.6 is 0 Å². The summed E-state index contributed by atoms with van der Waals surface area (Å²) in [7, 11) is 1.74. The van der Waals surface area contributed by atoms with E-state index in [1.54, 1.807) is 17.8 Å². The van der Waals surface area contributed by atoms with Gasteiger partial charge < -0.3 is 14.5 Å². The van der Waals surface area contributed by atoms with E-state index in [1.807, 2.05) is 18.2 Å². The molecule has 1 spiro atoms. The van der Waals surface area contributed by atoms with Crippen molar-refractivity contribution < 1.29 is 27.6 Å². The van der Waals surface area contributed by atoms with E-state index in [0.29, 0.717) is 11.1 Å². The molecule has 0 amide bonds. The minimum atomic E-state index is -4.48. The summed E-state index contributed by atoms with van der Waals surface area (Å²) in [5, 5.41) is 18.4. The topological polar surface area (TPSA) is 84.4 Å². The van der Waals surface area contributed by atoms with E-state index in [-0.39, 0.29) is 22.6 Å². The van der Waals surface area contributed by atoms with Crippen LogP contribution in [-0.2, 0) is 13.2 Å². The number of aryl methyl sites for hydroxylation is 1. The number of rotatable bonds is 5. The van der Waals surface area contributed by atoms with Gasteiger partial charge in [-0.05, 0) is 67.4 Å². The molecule has 206 valence electrons. The Kier molecular flexibility index (Phi) is 5.43. The van der Waals surface area contributed by atoms with Crippen LogP contribution in [0.15, 0.2) is 53.1 Å². The van der Waals surface area contributed by atoms with Crippen molar-refractivity contribution >= 4 is 28.1 Å². The van der Waals surface area contributed by atoms with Crippen molar-refractivity contribution in [3.05, 3.63) is 71.1 Å². The number of carbonyl (C=O) groups is 1. The van der Waals surface area contributed by atoms with Gasteiger partial charge in [-0.3, -0.25) is 4.68 Å². The molecule has 2 fully saturated rings. The van der Waals surface area contributed by atoms with Crippen LogP contribution in [0.3, 0.4) is 0 Å². The average Bonchev–Trinajstić information content (AvgIpc) is 3.58. The van der Waals surface area contributed by atoms with Crippen LogP contribution < -0.4 is 4.90 Å². The molecule has 1 aliphatic heterocycles. The van der Waals surface area contributed by atoms with Gasteiger partial charge in [0.15, 0.2) is 5.69 Å². The molecule has 0 bridgehead atoms. The first-order valence-corrected chi connectivity index (χ1v) is 13.5. The maximum atomic E-state index is 13.8. The Labute approximate surface area is 227 Å². The van der Waals surface area contributed by atoms with E-state index in [9.17, 15) is 23.1 Å². The molecule has 10 heteroatoms. The number of fused-ring (bicyclic) bond motifs is 1. The Morgan fingerprint density at radius 3 is 2.52 bits per heavy atom. The average molecular weight is 549 g/mol. The predicted molar refractivity (Wildman–Crippen MR) is 143 cm³/mol. The highest BCUT2D eigenvalue weighted by Crippen LogP contribution is 2.56. The Morgan fingerprint density at radius 2 is 1.85 bits per heavy atom. The van der Waals surface area contributed by atoms with Crippen LogP contribution in [0.25, 0.3) is 27.7 Å². The van der Waals surface area contributed by atoms with Gasteiger partial charge in [0, 0.05) is 48.3 Å². The second-order valence-corrected chi connectivity index (χ2v) is 11.3. The summed E-state index contributed by atoms with van der Waals surface area (Å²) in [5.41, 5.74) is 3.27. The molecule has 2 aliphatic carbocycles. The largest absolute Gasteiger partial charge is 0.476 e. The lowest BCUT2D eigenvalue weighted by atomic mass is 9.63. The monoisotopic (exact) mass is 548 g/mol. The van der Waals surface area contributed by atoms with E-state index in [2.05, 4.69) is 21.2 Å². The number of carboxylic acids is 1. The van der Waals surface area contributed by atoms with Gasteiger partial charge in [-0.15, -0.1) is 0 Å². The Hall–Kier alpha value is -4.08. The number of halogens is 3. The number of carboxylic acid groups (broad SMARTS) is 1. The Morgan fingerprint density at radius 1 is 1.12 bits per heavy atom. The first kappa shape index (κ1) is 24.9. The summed E-state index contributed by atoms with van der Waals surface area (Å²) in [6.45, 7) is 1.64. The number of hydrogen-bond acceptors (Lipinski definition) is 5. The first-order chi connectivity index (χ1) is 19.1. The van der Waals surface area contributed by atoms with Crippen LogP contribution in [0.4, 0.5) is 18.9 Å². The Bertz CT molecular complexity index is 1690. The molecule has 0 atom stereocenters. The van der Waals surface area contributed by atoms with Crippen molar-refractivity contribution in [3.63, 3.8) is 0 Å². The number of piperidine rings is 1. The van der Waals surface area contributed by atoms with Gasteiger partial charge in [0.2, 0.25) is 0 Å². The fourth-order valence-electron chi connectivity index (χ4n) is 6.37. The summed E-state index contributed by atoms with van der Waals surface area (Å²) in [6.07, 6.45) is 2.30. The van der Waals surface area contributed by atoms with E-state index in [1.165, 1.54) is 12.1 Å². The summed E-state index contributed by atoms with van der Waals surface area (Å²) in [5.74, 6) is -0.110. The fourth-order valence-corrected chi connectivity index (χ4v) is 6.37. The van der Waals surface area contributed by atoms with Crippen molar-refractivity contribution in [3.8, 4) is 11.3 Å². The summed E-state index contributed by atoms with van der Waals surface area (Å²) in [4.78, 5) is 13.8. The number of nitrogens with zero attached hydrogens (tertiary/aromatic N) is 4. The number of aromatic carboxylic acids is 1. The smallest absolute Gasteiger partial charge is 0.417 e. The van der Waals surface area contributed by atoms with Crippen molar-refractivity contribution in [2.75, 3.05) is 18.0 Å². The zero-order valence-corrected chi connectivity index (χ0v) is 21.8. The minimum absolute atomic E-state index is 0.00214. The molecular weight excluding hydrogens is 521 g/mol. The minimum Gasteiger partial charge on any atom is -0.476 e. The molecule has 0 unspecified atom stereocenters. The molecule has 40 heavy (non-hydrogen) atoms. The lowest BCUT2D eigenvalue weighted by molar-refractivity contribution is -0.137. The number of anilines is 1. The van der Waals surface area contributed by atoms with Crippen molar-refractivity contribution in [1.82, 2.24) is 14.9 Å². The normalized spacial score (nSPS) is 18.7. The van der Waals surface area contributed by atoms with Gasteiger partial charge in [-0.25, -0.2) is 4.79 Å². The number of alkyl halides is 3. The fraction of sp³-hybridized carbons (Fsp3) is 0.367. The second kappa shape index (κ2) is 8.71. The lowest BCUT2D eigenvalue weighted by Gasteiger charge is -2.47. The van der Waals surface area contributed by atoms with Crippen LogP contribution in [0.5, 0.6) is 0 Å². The van der Waals surface area contributed by atoms with E-state index in [0.717, 1.165) is 79.4 Å². The SMILES string of the molecule is Cn1nc(C(=O)O)c2ccc(N3CCC4(C=C(c5c(-c6ccccc6C(F)(F)F)noc5C5CC5)C4)CC3)cc21. The summed E-state index contributed by atoms with van der Waals surface area (Å²) < 4.78 is 48.8. The van der Waals surface area contributed by atoms with Crippen molar-refractivity contribution in [2.24, 2.45) is 12.5 Å². The molecule has 3 aliphatic rings. The van der Waals surface area contributed by atoms with Gasteiger partial charge in [0.1, 0.15) is 11.5 Å². The van der Waals surface area contributed by atoms with E-state index < -0.39 is 17.7 Å². The second-order valence-electron chi connectivity index (χ2n) is 11.3. The Balaban J connectivity index is 1.15. The zero-order chi connectivity index (χ0) is 27.8. The van der Waals surface area contributed by atoms with Gasteiger partial charge in [-0.1, -0.05) is 29.4 Å². The molecule has 1 saturated heterocycles. The van der Waals surface area contributed by atoms with Crippen molar-refractivity contribution in [1.29, 1.82) is 0 Å². The van der Waals surface area contributed by atoms with Crippen LogP contribution in [0, 0.1) is 5.41 Å². The molecule has 1 N–H and O–H groups in total. The number of benzene rings is 2. The zero-order valence-electron chi connectivity index (χ0n) is 21.8. The first-order valence-electron chi connectivity index (χ1n) is 13.5. The molecule has 7 nitrogen and oxygen atoms in total. The third-order valence-electron chi connectivity index (χ3n) is 8.66. The van der Waals surface area contributed by atoms with E-state index in [4.69, 9.17) is 4.52 Å². The van der Waals surface area contributed by atoms with Gasteiger partial charge in [0.25, 0.3) is 0 Å². The van der Waals surface area contributed by atoms with Crippen LogP contribution in [-0.4, -0.2) is 39.1 Å². The van der Waals surface area contributed by atoms with Gasteiger partial charge in [-0.2, -0.15) is 18.3 Å². The molecule has 7 rings (SSSR count).